The number of thioether (sulfide) groups is 1. The monoisotopic (exact) mass is 230 g/mol. The van der Waals surface area contributed by atoms with Crippen LogP contribution in [0.4, 0.5) is 0 Å². The summed E-state index contributed by atoms with van der Waals surface area (Å²) in [5.41, 5.74) is 5.45. The first kappa shape index (κ1) is 12.8. The van der Waals surface area contributed by atoms with E-state index in [1.54, 1.807) is 11.8 Å². The summed E-state index contributed by atoms with van der Waals surface area (Å²) in [7, 11) is 0. The van der Waals surface area contributed by atoms with E-state index in [2.05, 4.69) is 12.2 Å². The Balaban J connectivity index is 2.07. The molecule has 0 heterocycles. The molecule has 0 aromatic heterocycles. The Kier molecular flexibility index (Phi) is 6.10. The van der Waals surface area contributed by atoms with E-state index in [0.717, 1.165) is 19.3 Å². The van der Waals surface area contributed by atoms with Crippen molar-refractivity contribution in [3.63, 3.8) is 0 Å². The molecule has 3 nitrogen and oxygen atoms in total. The van der Waals surface area contributed by atoms with Crippen LogP contribution < -0.4 is 11.1 Å². The molecule has 4 heteroatoms. The summed E-state index contributed by atoms with van der Waals surface area (Å²) in [5.74, 6) is 0.772. The molecular formula is C11H22N2OS. The van der Waals surface area contributed by atoms with Crippen molar-refractivity contribution >= 4 is 17.7 Å². The number of nitrogens with two attached hydrogens (primary N) is 1. The quantitative estimate of drug-likeness (QED) is 0.727. The minimum Gasteiger partial charge on any atom is -0.353 e. The lowest BCUT2D eigenvalue weighted by Gasteiger charge is -2.13. The van der Waals surface area contributed by atoms with Crippen molar-refractivity contribution in [1.29, 1.82) is 0 Å². The fourth-order valence-corrected chi connectivity index (χ4v) is 2.70. The van der Waals surface area contributed by atoms with Crippen LogP contribution in [0.25, 0.3) is 0 Å². The third-order valence-electron chi connectivity index (χ3n) is 2.79. The van der Waals surface area contributed by atoms with Crippen LogP contribution in [0.5, 0.6) is 0 Å². The highest BCUT2D eigenvalue weighted by Gasteiger charge is 2.17. The van der Waals surface area contributed by atoms with Gasteiger partial charge >= 0.3 is 0 Å². The molecule has 3 N–H and O–H groups in total. The third-order valence-corrected chi connectivity index (χ3v) is 4.03. The van der Waals surface area contributed by atoms with E-state index in [1.165, 1.54) is 12.8 Å². The molecule has 1 aliphatic rings. The van der Waals surface area contributed by atoms with Gasteiger partial charge in [0, 0.05) is 11.3 Å². The van der Waals surface area contributed by atoms with Gasteiger partial charge in [0.1, 0.15) is 0 Å². The van der Waals surface area contributed by atoms with Crippen molar-refractivity contribution in [3.05, 3.63) is 0 Å². The number of hydrogen-bond acceptors (Lipinski definition) is 3. The summed E-state index contributed by atoms with van der Waals surface area (Å²) in [6.45, 7) is 2.83. The Labute approximate surface area is 96.6 Å². The second kappa shape index (κ2) is 7.12. The lowest BCUT2D eigenvalue weighted by Crippen LogP contribution is -2.34. The predicted octanol–water partition coefficient (Wildman–Crippen LogP) is 1.52. The van der Waals surface area contributed by atoms with Crippen molar-refractivity contribution in [2.75, 3.05) is 12.3 Å². The molecule has 1 amide bonds. The molecule has 1 unspecified atom stereocenters. The highest BCUT2D eigenvalue weighted by molar-refractivity contribution is 8.00. The molecule has 0 bridgehead atoms. The summed E-state index contributed by atoms with van der Waals surface area (Å²) >= 11 is 1.70. The molecule has 1 atom stereocenters. The first-order valence-corrected chi connectivity index (χ1v) is 6.88. The molecule has 0 radical (unpaired) electrons. The lowest BCUT2D eigenvalue weighted by molar-refractivity contribution is -0.119. The third kappa shape index (κ3) is 5.42. The molecule has 0 aromatic carbocycles. The Hall–Kier alpha value is -0.220. The van der Waals surface area contributed by atoms with Gasteiger partial charge in [0.25, 0.3) is 0 Å². The summed E-state index contributed by atoms with van der Waals surface area (Å²) in [4.78, 5) is 11.5. The number of nitrogens with one attached hydrogen (secondary N) is 1. The van der Waals surface area contributed by atoms with E-state index in [-0.39, 0.29) is 5.91 Å². The average Bonchev–Trinajstić information content (AvgIpc) is 2.68. The maximum Gasteiger partial charge on any atom is 0.230 e. The van der Waals surface area contributed by atoms with Crippen LogP contribution in [0.3, 0.4) is 0 Å². The van der Waals surface area contributed by atoms with Gasteiger partial charge < -0.3 is 11.1 Å². The van der Waals surface area contributed by atoms with Gasteiger partial charge in [0.05, 0.1) is 5.75 Å². The largest absolute Gasteiger partial charge is 0.353 e. The van der Waals surface area contributed by atoms with Gasteiger partial charge in [-0.1, -0.05) is 19.8 Å². The van der Waals surface area contributed by atoms with Gasteiger partial charge in [-0.2, -0.15) is 0 Å². The van der Waals surface area contributed by atoms with Gasteiger partial charge in [-0.05, 0) is 25.8 Å². The molecule has 0 saturated heterocycles. The fourth-order valence-electron chi connectivity index (χ4n) is 1.88. The molecule has 0 aromatic rings. The highest BCUT2D eigenvalue weighted by Crippen LogP contribution is 2.18. The molecule has 88 valence electrons. The summed E-state index contributed by atoms with van der Waals surface area (Å²) in [6.07, 6.45) is 5.84. The number of rotatable bonds is 6. The van der Waals surface area contributed by atoms with Gasteiger partial charge in [-0.3, -0.25) is 4.79 Å². The van der Waals surface area contributed by atoms with E-state index < -0.39 is 0 Å². The highest BCUT2D eigenvalue weighted by atomic mass is 32.2. The van der Waals surface area contributed by atoms with Crippen LogP contribution >= 0.6 is 11.8 Å². The van der Waals surface area contributed by atoms with Crippen molar-refractivity contribution in [2.24, 2.45) is 5.73 Å². The maximum absolute atomic E-state index is 11.5. The molecule has 1 rings (SSSR count). The minimum absolute atomic E-state index is 0.191. The van der Waals surface area contributed by atoms with Gasteiger partial charge in [-0.25, -0.2) is 0 Å². The van der Waals surface area contributed by atoms with E-state index in [9.17, 15) is 4.79 Å². The Bertz CT molecular complexity index is 193. The molecule has 15 heavy (non-hydrogen) atoms. The number of carbonyl (C=O) groups excluding carboxylic acids is 1. The van der Waals surface area contributed by atoms with Crippen LogP contribution in [-0.4, -0.2) is 29.5 Å². The number of hydrogen-bond donors (Lipinski definition) is 2. The number of amides is 1. The number of carbonyl (C=O) groups is 1. The lowest BCUT2D eigenvalue weighted by atomic mass is 10.2. The second-order valence-corrected chi connectivity index (χ2v) is 5.67. The van der Waals surface area contributed by atoms with Gasteiger partial charge in [0.2, 0.25) is 5.91 Å². The Morgan fingerprint density at radius 1 is 1.53 bits per heavy atom. The fraction of sp³-hybridized carbons (Fsp3) is 0.909. The minimum atomic E-state index is 0.191. The SMILES string of the molecule is CC(CCN)SCC(=O)NC1CCCC1. The smallest absolute Gasteiger partial charge is 0.230 e. The van der Waals surface area contributed by atoms with Crippen molar-refractivity contribution in [1.82, 2.24) is 5.32 Å². The van der Waals surface area contributed by atoms with Crippen LogP contribution in [0.15, 0.2) is 0 Å². The van der Waals surface area contributed by atoms with Crippen molar-refractivity contribution < 1.29 is 4.79 Å². The summed E-state index contributed by atoms with van der Waals surface area (Å²) in [5, 5.41) is 3.58. The molecular weight excluding hydrogens is 208 g/mol. The van der Waals surface area contributed by atoms with E-state index in [1.807, 2.05) is 0 Å². The molecule has 0 aliphatic heterocycles. The first-order valence-electron chi connectivity index (χ1n) is 5.83. The van der Waals surface area contributed by atoms with E-state index >= 15 is 0 Å². The zero-order chi connectivity index (χ0) is 11.1. The predicted molar refractivity (Wildman–Crippen MR) is 66.0 cm³/mol. The molecule has 1 aliphatic carbocycles. The van der Waals surface area contributed by atoms with Gasteiger partial charge in [0.15, 0.2) is 0 Å². The average molecular weight is 230 g/mol. The molecule has 1 saturated carbocycles. The normalized spacial score (nSPS) is 19.1. The second-order valence-electron chi connectivity index (χ2n) is 4.25. The summed E-state index contributed by atoms with van der Waals surface area (Å²) < 4.78 is 0. The van der Waals surface area contributed by atoms with Gasteiger partial charge in [-0.15, -0.1) is 11.8 Å². The first-order chi connectivity index (χ1) is 7.22. The molecule has 1 fully saturated rings. The Morgan fingerprint density at radius 2 is 2.20 bits per heavy atom. The van der Waals surface area contributed by atoms with E-state index in [4.69, 9.17) is 5.73 Å². The zero-order valence-electron chi connectivity index (χ0n) is 9.50. The topological polar surface area (TPSA) is 55.1 Å². The van der Waals surface area contributed by atoms with E-state index in [0.29, 0.717) is 23.6 Å². The van der Waals surface area contributed by atoms with Crippen LogP contribution in [0.2, 0.25) is 0 Å². The molecule has 0 spiro atoms. The standard InChI is InChI=1S/C11H22N2OS/c1-9(6-7-12)15-8-11(14)13-10-4-2-3-5-10/h9-10H,2-8,12H2,1H3,(H,13,14). The van der Waals surface area contributed by atoms with Crippen LogP contribution in [-0.2, 0) is 4.79 Å². The van der Waals surface area contributed by atoms with Crippen LogP contribution in [0.1, 0.15) is 39.0 Å². The summed E-state index contributed by atoms with van der Waals surface area (Å²) in [6, 6.07) is 0.447. The zero-order valence-corrected chi connectivity index (χ0v) is 10.3. The van der Waals surface area contributed by atoms with Crippen LogP contribution in [0, 0.1) is 0 Å². The maximum atomic E-state index is 11.5. The van der Waals surface area contributed by atoms with Crippen molar-refractivity contribution in [3.8, 4) is 0 Å². The van der Waals surface area contributed by atoms with Crippen molar-refractivity contribution in [2.45, 2.75) is 50.3 Å². The Morgan fingerprint density at radius 3 is 2.80 bits per heavy atom.